The SMILES string of the molecule is CCCNc1nnc(C(=O)N2CCSC(C)C2)s1. The van der Waals surface area contributed by atoms with E-state index in [1.165, 1.54) is 11.3 Å². The number of thioether (sulfide) groups is 1. The summed E-state index contributed by atoms with van der Waals surface area (Å²) >= 11 is 3.26. The van der Waals surface area contributed by atoms with Crippen LogP contribution in [-0.2, 0) is 0 Å². The second-order valence-corrected chi connectivity index (χ2v) is 6.80. The van der Waals surface area contributed by atoms with Crippen molar-refractivity contribution in [2.24, 2.45) is 0 Å². The lowest BCUT2D eigenvalue weighted by Gasteiger charge is -2.29. The molecule has 1 aliphatic heterocycles. The zero-order chi connectivity index (χ0) is 13.0. The quantitative estimate of drug-likeness (QED) is 0.916. The van der Waals surface area contributed by atoms with Crippen LogP contribution in [0.5, 0.6) is 0 Å². The molecule has 1 fully saturated rings. The van der Waals surface area contributed by atoms with Gasteiger partial charge in [0.1, 0.15) is 0 Å². The normalized spacial score (nSPS) is 19.9. The summed E-state index contributed by atoms with van der Waals surface area (Å²) < 4.78 is 0. The largest absolute Gasteiger partial charge is 0.360 e. The Bertz CT molecular complexity index is 410. The fourth-order valence-electron chi connectivity index (χ4n) is 1.75. The van der Waals surface area contributed by atoms with Gasteiger partial charge in [0.05, 0.1) is 0 Å². The maximum atomic E-state index is 12.2. The first-order chi connectivity index (χ1) is 8.70. The van der Waals surface area contributed by atoms with E-state index in [4.69, 9.17) is 0 Å². The standard InChI is InChI=1S/C11H18N4OS2/c1-3-4-12-11-14-13-9(18-11)10(16)15-5-6-17-8(2)7-15/h8H,3-7H2,1-2H3,(H,12,14). The molecule has 0 aliphatic carbocycles. The highest BCUT2D eigenvalue weighted by Crippen LogP contribution is 2.22. The first kappa shape index (κ1) is 13.6. The smallest absolute Gasteiger partial charge is 0.284 e. The fraction of sp³-hybridized carbons (Fsp3) is 0.727. The van der Waals surface area contributed by atoms with Gasteiger partial charge < -0.3 is 10.2 Å². The summed E-state index contributed by atoms with van der Waals surface area (Å²) in [6.45, 7) is 6.72. The first-order valence-electron chi connectivity index (χ1n) is 6.19. The summed E-state index contributed by atoms with van der Waals surface area (Å²) in [5, 5.41) is 12.9. The molecular weight excluding hydrogens is 268 g/mol. The Morgan fingerprint density at radius 3 is 3.11 bits per heavy atom. The molecule has 1 saturated heterocycles. The van der Waals surface area contributed by atoms with Crippen LogP contribution in [0.3, 0.4) is 0 Å². The zero-order valence-corrected chi connectivity index (χ0v) is 12.3. The number of carbonyl (C=O) groups excluding carboxylic acids is 1. The van der Waals surface area contributed by atoms with Gasteiger partial charge in [0.2, 0.25) is 10.1 Å². The summed E-state index contributed by atoms with van der Waals surface area (Å²) in [6, 6.07) is 0. The van der Waals surface area contributed by atoms with E-state index in [0.29, 0.717) is 10.3 Å². The number of aromatic nitrogens is 2. The maximum Gasteiger partial charge on any atom is 0.284 e. The molecule has 2 rings (SSSR count). The van der Waals surface area contributed by atoms with Crippen LogP contribution in [0.15, 0.2) is 0 Å². The summed E-state index contributed by atoms with van der Waals surface area (Å²) in [5.74, 6) is 1.02. The lowest BCUT2D eigenvalue weighted by Crippen LogP contribution is -2.41. The molecule has 1 N–H and O–H groups in total. The average molecular weight is 286 g/mol. The number of rotatable bonds is 4. The molecule has 18 heavy (non-hydrogen) atoms. The Morgan fingerprint density at radius 1 is 1.56 bits per heavy atom. The van der Waals surface area contributed by atoms with Gasteiger partial charge in [0.15, 0.2) is 0 Å². The molecule has 1 atom stereocenters. The summed E-state index contributed by atoms with van der Waals surface area (Å²) in [5.41, 5.74) is 0. The van der Waals surface area contributed by atoms with Gasteiger partial charge in [-0.1, -0.05) is 25.2 Å². The number of nitrogens with one attached hydrogen (secondary N) is 1. The molecule has 1 aliphatic rings. The van der Waals surface area contributed by atoms with E-state index < -0.39 is 0 Å². The Morgan fingerprint density at radius 2 is 2.39 bits per heavy atom. The van der Waals surface area contributed by atoms with Gasteiger partial charge >= 0.3 is 0 Å². The van der Waals surface area contributed by atoms with Gasteiger partial charge in [-0.05, 0) is 6.42 Å². The highest BCUT2D eigenvalue weighted by molar-refractivity contribution is 7.99. The van der Waals surface area contributed by atoms with Crippen LogP contribution in [0.4, 0.5) is 5.13 Å². The van der Waals surface area contributed by atoms with Crippen molar-refractivity contribution in [3.8, 4) is 0 Å². The van der Waals surface area contributed by atoms with Crippen LogP contribution in [0.1, 0.15) is 30.1 Å². The molecule has 0 radical (unpaired) electrons. The van der Waals surface area contributed by atoms with Gasteiger partial charge in [-0.2, -0.15) is 11.8 Å². The van der Waals surface area contributed by atoms with Crippen LogP contribution < -0.4 is 5.32 Å². The number of hydrogen-bond acceptors (Lipinski definition) is 6. The van der Waals surface area contributed by atoms with Crippen LogP contribution in [0, 0.1) is 0 Å². The minimum Gasteiger partial charge on any atom is -0.360 e. The van der Waals surface area contributed by atoms with Crippen LogP contribution in [0.25, 0.3) is 0 Å². The Labute approximate surface area is 115 Å². The monoisotopic (exact) mass is 286 g/mol. The molecule has 7 heteroatoms. The second kappa shape index (κ2) is 6.38. The lowest BCUT2D eigenvalue weighted by atomic mass is 10.3. The van der Waals surface area contributed by atoms with Gasteiger partial charge in [0.25, 0.3) is 5.91 Å². The number of carbonyl (C=O) groups is 1. The highest BCUT2D eigenvalue weighted by Gasteiger charge is 2.24. The molecule has 100 valence electrons. The number of anilines is 1. The Balaban J connectivity index is 1.97. The lowest BCUT2D eigenvalue weighted by molar-refractivity contribution is 0.0762. The number of nitrogens with zero attached hydrogens (tertiary/aromatic N) is 3. The van der Waals surface area contributed by atoms with Crippen LogP contribution >= 0.6 is 23.1 Å². The molecule has 1 unspecified atom stereocenters. The minimum absolute atomic E-state index is 0.0178. The van der Waals surface area contributed by atoms with Gasteiger partial charge in [-0.3, -0.25) is 4.79 Å². The highest BCUT2D eigenvalue weighted by atomic mass is 32.2. The third-order valence-corrected chi connectivity index (χ3v) is 4.67. The summed E-state index contributed by atoms with van der Waals surface area (Å²) in [7, 11) is 0. The first-order valence-corrected chi connectivity index (χ1v) is 8.05. The van der Waals surface area contributed by atoms with Crippen molar-refractivity contribution in [2.45, 2.75) is 25.5 Å². The maximum absolute atomic E-state index is 12.2. The molecular formula is C11H18N4OS2. The van der Waals surface area contributed by atoms with E-state index in [0.717, 1.165) is 36.9 Å². The molecule has 1 aromatic rings. The van der Waals surface area contributed by atoms with E-state index in [1.54, 1.807) is 0 Å². The fourth-order valence-corrected chi connectivity index (χ4v) is 3.50. The molecule has 2 heterocycles. The number of amides is 1. The van der Waals surface area contributed by atoms with Crippen molar-refractivity contribution in [1.82, 2.24) is 15.1 Å². The molecule has 0 bridgehead atoms. The third-order valence-electron chi connectivity index (χ3n) is 2.66. The van der Waals surface area contributed by atoms with Crippen molar-refractivity contribution < 1.29 is 4.79 Å². The number of hydrogen-bond donors (Lipinski definition) is 1. The summed E-state index contributed by atoms with van der Waals surface area (Å²) in [4.78, 5) is 14.1. The molecule has 1 aromatic heterocycles. The van der Waals surface area contributed by atoms with E-state index in [-0.39, 0.29) is 5.91 Å². The van der Waals surface area contributed by atoms with Crippen molar-refractivity contribution in [2.75, 3.05) is 30.7 Å². The van der Waals surface area contributed by atoms with Crippen molar-refractivity contribution in [3.63, 3.8) is 0 Å². The van der Waals surface area contributed by atoms with Crippen LogP contribution in [0.2, 0.25) is 0 Å². The van der Waals surface area contributed by atoms with E-state index in [1.807, 2.05) is 16.7 Å². The predicted octanol–water partition coefficient (Wildman–Crippen LogP) is 1.94. The van der Waals surface area contributed by atoms with E-state index >= 15 is 0 Å². The minimum atomic E-state index is 0.0178. The third kappa shape index (κ3) is 3.35. The predicted molar refractivity (Wildman–Crippen MR) is 76.5 cm³/mol. The second-order valence-electron chi connectivity index (χ2n) is 4.27. The van der Waals surface area contributed by atoms with E-state index in [9.17, 15) is 4.79 Å². The molecule has 0 spiro atoms. The summed E-state index contributed by atoms with van der Waals surface area (Å²) in [6.07, 6.45) is 1.03. The zero-order valence-electron chi connectivity index (χ0n) is 10.7. The van der Waals surface area contributed by atoms with Crippen molar-refractivity contribution in [1.29, 1.82) is 0 Å². The van der Waals surface area contributed by atoms with Crippen LogP contribution in [-0.4, -0.2) is 51.6 Å². The molecule has 0 aromatic carbocycles. The van der Waals surface area contributed by atoms with Gasteiger partial charge in [-0.15, -0.1) is 10.2 Å². The topological polar surface area (TPSA) is 58.1 Å². The molecule has 1 amide bonds. The Kier molecular flexibility index (Phi) is 4.82. The van der Waals surface area contributed by atoms with Gasteiger partial charge in [-0.25, -0.2) is 0 Å². The molecule has 5 nitrogen and oxygen atoms in total. The van der Waals surface area contributed by atoms with Crippen molar-refractivity contribution in [3.05, 3.63) is 5.01 Å². The van der Waals surface area contributed by atoms with Gasteiger partial charge in [0, 0.05) is 30.6 Å². The average Bonchev–Trinajstić information content (AvgIpc) is 2.84. The van der Waals surface area contributed by atoms with E-state index in [2.05, 4.69) is 29.4 Å². The van der Waals surface area contributed by atoms with Crippen molar-refractivity contribution >= 4 is 34.1 Å². The Hall–Kier alpha value is -0.820. The molecule has 0 saturated carbocycles.